The van der Waals surface area contributed by atoms with E-state index in [2.05, 4.69) is 15.5 Å². The third-order valence-electron chi connectivity index (χ3n) is 4.28. The van der Waals surface area contributed by atoms with Gasteiger partial charge in [-0.15, -0.1) is 0 Å². The summed E-state index contributed by atoms with van der Waals surface area (Å²) in [6.45, 7) is 0.439. The Kier molecular flexibility index (Phi) is 5.76. The lowest BCUT2D eigenvalue weighted by Gasteiger charge is -2.24. The van der Waals surface area contributed by atoms with Crippen LogP contribution in [0.25, 0.3) is 5.69 Å². The van der Waals surface area contributed by atoms with Gasteiger partial charge in [0, 0.05) is 31.4 Å². The van der Waals surface area contributed by atoms with Crippen LogP contribution in [0.3, 0.4) is 0 Å². The van der Waals surface area contributed by atoms with E-state index in [-0.39, 0.29) is 16.8 Å². The minimum absolute atomic E-state index is 0.0262. The zero-order valence-electron chi connectivity index (χ0n) is 15.5. The second-order valence-corrected chi connectivity index (χ2v) is 6.87. The van der Waals surface area contributed by atoms with Gasteiger partial charge in [0.05, 0.1) is 24.1 Å². The number of halogens is 3. The van der Waals surface area contributed by atoms with Crippen molar-refractivity contribution in [3.05, 3.63) is 69.4 Å². The van der Waals surface area contributed by atoms with Crippen molar-refractivity contribution in [3.63, 3.8) is 0 Å². The summed E-state index contributed by atoms with van der Waals surface area (Å²) in [4.78, 5) is 14.5. The molecular weight excluding hydrogens is 390 g/mol. The summed E-state index contributed by atoms with van der Waals surface area (Å²) in [6, 6.07) is 2.83. The molecule has 3 rings (SSSR count). The van der Waals surface area contributed by atoms with Gasteiger partial charge in [-0.3, -0.25) is 9.48 Å². The Morgan fingerprint density at radius 3 is 2.61 bits per heavy atom. The molecule has 1 unspecified atom stereocenters. The third kappa shape index (κ3) is 4.05. The quantitative estimate of drug-likeness (QED) is 0.679. The number of rotatable bonds is 6. The van der Waals surface area contributed by atoms with Crippen molar-refractivity contribution < 1.29 is 8.78 Å². The molecule has 0 saturated carbocycles. The van der Waals surface area contributed by atoms with Crippen LogP contribution in [-0.2, 0) is 7.05 Å². The average Bonchev–Trinajstić information content (AvgIpc) is 3.05. The summed E-state index contributed by atoms with van der Waals surface area (Å²) >= 11 is 6.18. The normalized spacial score (nSPS) is 12.4. The smallest absolute Gasteiger partial charge is 0.292 e. The standard InChI is InChI=1S/C18H19ClF2N6O/c1-25(2)16(11-7-23-26(3)10-11)9-22-14-8-24-27(18(28)17(14)19)15-5-4-12(20)6-13(15)21/h4-8,10,16,22H,9H2,1-3H3. The van der Waals surface area contributed by atoms with E-state index in [0.717, 1.165) is 22.4 Å². The number of nitrogens with zero attached hydrogens (tertiary/aromatic N) is 5. The van der Waals surface area contributed by atoms with Gasteiger partial charge in [0.2, 0.25) is 0 Å². The summed E-state index contributed by atoms with van der Waals surface area (Å²) in [5.41, 5.74) is 0.424. The largest absolute Gasteiger partial charge is 0.380 e. The van der Waals surface area contributed by atoms with Crippen LogP contribution in [0.1, 0.15) is 11.6 Å². The molecule has 0 radical (unpaired) electrons. The minimum atomic E-state index is -0.907. The number of aryl methyl sites for hydroxylation is 1. The molecular formula is C18H19ClF2N6O. The van der Waals surface area contributed by atoms with E-state index in [0.29, 0.717) is 18.3 Å². The molecule has 0 fully saturated rings. The second-order valence-electron chi connectivity index (χ2n) is 6.49. The first-order chi connectivity index (χ1) is 13.3. The third-order valence-corrected chi connectivity index (χ3v) is 4.64. The fourth-order valence-corrected chi connectivity index (χ4v) is 2.99. The minimum Gasteiger partial charge on any atom is -0.380 e. The van der Waals surface area contributed by atoms with Crippen LogP contribution in [0, 0.1) is 11.6 Å². The first kappa shape index (κ1) is 20.0. The van der Waals surface area contributed by atoms with Gasteiger partial charge in [-0.25, -0.2) is 8.78 Å². The Balaban J connectivity index is 1.85. The molecule has 28 heavy (non-hydrogen) atoms. The van der Waals surface area contributed by atoms with E-state index in [1.807, 2.05) is 32.2 Å². The Morgan fingerprint density at radius 2 is 2.00 bits per heavy atom. The molecule has 1 aromatic carbocycles. The van der Waals surface area contributed by atoms with Crippen LogP contribution in [0.5, 0.6) is 0 Å². The van der Waals surface area contributed by atoms with Crippen molar-refractivity contribution in [1.29, 1.82) is 0 Å². The maximum atomic E-state index is 14.0. The molecule has 0 aliphatic rings. The highest BCUT2D eigenvalue weighted by atomic mass is 35.5. The molecule has 148 valence electrons. The highest BCUT2D eigenvalue weighted by Crippen LogP contribution is 2.22. The highest BCUT2D eigenvalue weighted by Gasteiger charge is 2.18. The Bertz CT molecular complexity index is 1050. The number of hydrogen-bond donors (Lipinski definition) is 1. The monoisotopic (exact) mass is 408 g/mol. The van der Waals surface area contributed by atoms with E-state index >= 15 is 0 Å². The molecule has 0 saturated heterocycles. The SMILES string of the molecule is CN(C)C(CNc1cnn(-c2ccc(F)cc2F)c(=O)c1Cl)c1cnn(C)c1. The average molecular weight is 409 g/mol. The molecule has 0 amide bonds. The lowest BCUT2D eigenvalue weighted by Crippen LogP contribution is -2.28. The van der Waals surface area contributed by atoms with Crippen molar-refractivity contribution in [3.8, 4) is 5.69 Å². The van der Waals surface area contributed by atoms with Crippen molar-refractivity contribution in [2.45, 2.75) is 6.04 Å². The van der Waals surface area contributed by atoms with E-state index in [1.54, 1.807) is 10.9 Å². The molecule has 2 aromatic heterocycles. The Morgan fingerprint density at radius 1 is 1.25 bits per heavy atom. The topological polar surface area (TPSA) is 68.0 Å². The summed E-state index contributed by atoms with van der Waals surface area (Å²) in [7, 11) is 5.68. The molecule has 1 N–H and O–H groups in total. The van der Waals surface area contributed by atoms with Gasteiger partial charge in [-0.1, -0.05) is 11.6 Å². The van der Waals surface area contributed by atoms with Crippen molar-refractivity contribution >= 4 is 17.3 Å². The lowest BCUT2D eigenvalue weighted by atomic mass is 10.1. The molecule has 0 aliphatic carbocycles. The van der Waals surface area contributed by atoms with Crippen LogP contribution < -0.4 is 10.9 Å². The van der Waals surface area contributed by atoms with Gasteiger partial charge in [0.1, 0.15) is 16.5 Å². The van der Waals surface area contributed by atoms with Gasteiger partial charge >= 0.3 is 0 Å². The number of benzene rings is 1. The lowest BCUT2D eigenvalue weighted by molar-refractivity contribution is 0.311. The van der Waals surface area contributed by atoms with Gasteiger partial charge in [0.15, 0.2) is 5.82 Å². The number of nitrogens with one attached hydrogen (secondary N) is 1. The van der Waals surface area contributed by atoms with Gasteiger partial charge in [-0.2, -0.15) is 14.9 Å². The molecule has 0 spiro atoms. The van der Waals surface area contributed by atoms with E-state index < -0.39 is 17.2 Å². The summed E-state index contributed by atoms with van der Waals surface area (Å²) in [6.07, 6.45) is 5.01. The Hall–Kier alpha value is -2.78. The predicted octanol–water partition coefficient (Wildman–Crippen LogP) is 2.61. The summed E-state index contributed by atoms with van der Waals surface area (Å²) in [5.74, 6) is -1.65. The van der Waals surface area contributed by atoms with Crippen LogP contribution in [0.4, 0.5) is 14.5 Å². The molecule has 2 heterocycles. The molecule has 0 aliphatic heterocycles. The molecule has 10 heteroatoms. The number of aromatic nitrogens is 4. The second kappa shape index (κ2) is 8.07. The van der Waals surface area contributed by atoms with E-state index in [9.17, 15) is 13.6 Å². The first-order valence-corrected chi connectivity index (χ1v) is 8.78. The molecule has 1 atom stereocenters. The van der Waals surface area contributed by atoms with Crippen molar-refractivity contribution in [2.75, 3.05) is 26.0 Å². The maximum absolute atomic E-state index is 14.0. The van der Waals surface area contributed by atoms with Gasteiger partial charge in [0.25, 0.3) is 5.56 Å². The van der Waals surface area contributed by atoms with Crippen LogP contribution in [0.2, 0.25) is 5.02 Å². The fraction of sp³-hybridized carbons (Fsp3) is 0.278. The molecule has 3 aromatic rings. The Labute approximate surface area is 165 Å². The zero-order valence-corrected chi connectivity index (χ0v) is 16.3. The summed E-state index contributed by atoms with van der Waals surface area (Å²) in [5, 5.41) is 11.1. The highest BCUT2D eigenvalue weighted by molar-refractivity contribution is 6.32. The van der Waals surface area contributed by atoms with Gasteiger partial charge < -0.3 is 10.2 Å². The van der Waals surface area contributed by atoms with Crippen molar-refractivity contribution in [2.24, 2.45) is 7.05 Å². The van der Waals surface area contributed by atoms with Crippen LogP contribution in [-0.4, -0.2) is 45.1 Å². The van der Waals surface area contributed by atoms with Crippen LogP contribution >= 0.6 is 11.6 Å². The number of anilines is 1. The predicted molar refractivity (Wildman–Crippen MR) is 103 cm³/mol. The van der Waals surface area contributed by atoms with Crippen molar-refractivity contribution in [1.82, 2.24) is 24.5 Å². The number of likely N-dealkylation sites (N-methyl/N-ethyl adjacent to an activating group) is 1. The van der Waals surface area contributed by atoms with Crippen LogP contribution in [0.15, 0.2) is 41.6 Å². The number of hydrogen-bond acceptors (Lipinski definition) is 5. The first-order valence-electron chi connectivity index (χ1n) is 8.40. The fourth-order valence-electron chi connectivity index (χ4n) is 2.80. The van der Waals surface area contributed by atoms with Gasteiger partial charge in [-0.05, 0) is 26.2 Å². The zero-order chi connectivity index (χ0) is 20.4. The molecule has 0 bridgehead atoms. The van der Waals surface area contributed by atoms with E-state index in [4.69, 9.17) is 11.6 Å². The maximum Gasteiger partial charge on any atom is 0.292 e. The van der Waals surface area contributed by atoms with E-state index in [1.165, 1.54) is 6.20 Å². The summed E-state index contributed by atoms with van der Waals surface area (Å²) < 4.78 is 29.6. The molecule has 7 nitrogen and oxygen atoms in total.